The van der Waals surface area contributed by atoms with E-state index in [1.807, 2.05) is 32.0 Å². The third-order valence-corrected chi connectivity index (χ3v) is 5.37. The fourth-order valence-electron chi connectivity index (χ4n) is 2.11. The summed E-state index contributed by atoms with van der Waals surface area (Å²) >= 11 is 1.31. The molecule has 0 aliphatic carbocycles. The van der Waals surface area contributed by atoms with Crippen LogP contribution in [0.15, 0.2) is 29.8 Å². The van der Waals surface area contributed by atoms with Crippen LogP contribution in [0.5, 0.6) is 0 Å². The minimum atomic E-state index is -3.38. The Morgan fingerprint density at radius 2 is 1.90 bits per heavy atom. The summed E-state index contributed by atoms with van der Waals surface area (Å²) in [6, 6.07) is 5.62. The molecule has 1 aromatic heterocycles. The molecule has 1 atom stereocenters. The number of nitrogens with zero attached hydrogens (tertiary/aromatic N) is 1. The largest absolute Gasteiger partial charge is 0.387 e. The second kappa shape index (κ2) is 6.03. The number of aryl methyl sites for hydroxylation is 2. The van der Waals surface area contributed by atoms with Gasteiger partial charge in [0, 0.05) is 11.6 Å². The number of hydrogen-bond acceptors (Lipinski definition) is 5. The second-order valence-corrected chi connectivity index (χ2v) is 8.01. The molecule has 20 heavy (non-hydrogen) atoms. The van der Waals surface area contributed by atoms with Gasteiger partial charge in [0.05, 0.1) is 11.9 Å². The van der Waals surface area contributed by atoms with Crippen molar-refractivity contribution in [1.29, 1.82) is 0 Å². The zero-order valence-electron chi connectivity index (χ0n) is 11.4. The summed E-state index contributed by atoms with van der Waals surface area (Å²) in [7, 11) is -3.38. The monoisotopic (exact) mass is 311 g/mol. The van der Waals surface area contributed by atoms with E-state index >= 15 is 0 Å². The predicted octanol–water partition coefficient (Wildman–Crippen LogP) is 2.41. The van der Waals surface area contributed by atoms with Gasteiger partial charge in [-0.25, -0.2) is 13.4 Å². The Kier molecular flexibility index (Phi) is 4.57. The number of aliphatic hydroxyl groups is 1. The van der Waals surface area contributed by atoms with Crippen molar-refractivity contribution in [3.63, 3.8) is 0 Å². The first-order valence-electron chi connectivity index (χ1n) is 6.21. The highest BCUT2D eigenvalue weighted by Gasteiger charge is 2.20. The van der Waals surface area contributed by atoms with Gasteiger partial charge in [0.2, 0.25) is 0 Å². The maximum absolute atomic E-state index is 12.1. The number of sulfone groups is 1. The van der Waals surface area contributed by atoms with Crippen molar-refractivity contribution in [3.05, 3.63) is 51.5 Å². The highest BCUT2D eigenvalue weighted by atomic mass is 32.2. The fraction of sp³-hybridized carbons (Fsp3) is 0.357. The summed E-state index contributed by atoms with van der Waals surface area (Å²) in [6.45, 7) is 3.85. The summed E-state index contributed by atoms with van der Waals surface area (Å²) in [5, 5.41) is 12.4. The van der Waals surface area contributed by atoms with E-state index < -0.39 is 15.9 Å². The van der Waals surface area contributed by atoms with E-state index in [4.69, 9.17) is 0 Å². The van der Waals surface area contributed by atoms with Gasteiger partial charge < -0.3 is 5.11 Å². The summed E-state index contributed by atoms with van der Waals surface area (Å²) in [6.07, 6.45) is 0.578. The molecular formula is C14H17NO3S2. The first kappa shape index (κ1) is 15.2. The Morgan fingerprint density at radius 1 is 1.25 bits per heavy atom. The van der Waals surface area contributed by atoms with Gasteiger partial charge in [0.25, 0.3) is 0 Å². The number of thiazole rings is 1. The molecular weight excluding hydrogens is 294 g/mol. The van der Waals surface area contributed by atoms with Gasteiger partial charge in [-0.05, 0) is 19.4 Å². The zero-order chi connectivity index (χ0) is 14.8. The van der Waals surface area contributed by atoms with Crippen LogP contribution < -0.4 is 0 Å². The van der Waals surface area contributed by atoms with E-state index in [0.29, 0.717) is 10.6 Å². The van der Waals surface area contributed by atoms with E-state index in [9.17, 15) is 13.5 Å². The van der Waals surface area contributed by atoms with E-state index in [-0.39, 0.29) is 11.5 Å². The number of aromatic nitrogens is 1. The molecule has 1 N–H and O–H groups in total. The molecule has 6 heteroatoms. The van der Waals surface area contributed by atoms with Crippen LogP contribution in [-0.4, -0.2) is 24.3 Å². The van der Waals surface area contributed by atoms with Gasteiger partial charge in [-0.2, -0.15) is 0 Å². The highest BCUT2D eigenvalue weighted by molar-refractivity contribution is 7.90. The molecule has 0 bridgehead atoms. The van der Waals surface area contributed by atoms with Gasteiger partial charge in [0.1, 0.15) is 10.8 Å². The smallest absolute Gasteiger partial charge is 0.159 e. The summed E-state index contributed by atoms with van der Waals surface area (Å²) in [5.74, 6) is -0.401. The number of rotatable bonds is 5. The van der Waals surface area contributed by atoms with Crippen molar-refractivity contribution >= 4 is 21.2 Å². The molecule has 2 rings (SSSR count). The molecule has 1 unspecified atom stereocenters. The minimum Gasteiger partial charge on any atom is -0.387 e. The van der Waals surface area contributed by atoms with Crippen LogP contribution in [0.4, 0.5) is 0 Å². The van der Waals surface area contributed by atoms with Crippen LogP contribution in [-0.2, 0) is 15.6 Å². The first-order valence-corrected chi connectivity index (χ1v) is 8.91. The summed E-state index contributed by atoms with van der Waals surface area (Å²) in [5.41, 5.74) is 2.66. The van der Waals surface area contributed by atoms with Gasteiger partial charge in [0.15, 0.2) is 9.84 Å². The predicted molar refractivity (Wildman–Crippen MR) is 80.5 cm³/mol. The SMILES string of the molecule is Cc1cc(C)cc(C(O)CS(=O)(=O)Cc2nccs2)c1. The maximum Gasteiger partial charge on any atom is 0.159 e. The molecule has 0 saturated carbocycles. The number of hydrogen-bond donors (Lipinski definition) is 1. The number of benzene rings is 1. The van der Waals surface area contributed by atoms with Crippen molar-refractivity contribution in [1.82, 2.24) is 4.98 Å². The molecule has 0 amide bonds. The second-order valence-electron chi connectivity index (χ2n) is 4.92. The quantitative estimate of drug-likeness (QED) is 0.921. The van der Waals surface area contributed by atoms with Gasteiger partial charge >= 0.3 is 0 Å². The Balaban J connectivity index is 2.12. The van der Waals surface area contributed by atoms with Crippen molar-refractivity contribution in [3.8, 4) is 0 Å². The molecule has 108 valence electrons. The lowest BCUT2D eigenvalue weighted by Gasteiger charge is -2.13. The average Bonchev–Trinajstić information content (AvgIpc) is 2.78. The molecule has 4 nitrogen and oxygen atoms in total. The van der Waals surface area contributed by atoms with Crippen LogP contribution >= 0.6 is 11.3 Å². The van der Waals surface area contributed by atoms with Crippen LogP contribution in [0, 0.1) is 13.8 Å². The lowest BCUT2D eigenvalue weighted by molar-refractivity contribution is 0.201. The van der Waals surface area contributed by atoms with Crippen LogP contribution in [0.2, 0.25) is 0 Å². The Morgan fingerprint density at radius 3 is 2.45 bits per heavy atom. The van der Waals surface area contributed by atoms with Crippen molar-refractivity contribution in [2.45, 2.75) is 25.7 Å². The zero-order valence-corrected chi connectivity index (χ0v) is 13.0. The molecule has 0 aliphatic heterocycles. The van der Waals surface area contributed by atoms with Crippen LogP contribution in [0.1, 0.15) is 27.8 Å². The number of aliphatic hydroxyl groups excluding tert-OH is 1. The Hall–Kier alpha value is -1.24. The minimum absolute atomic E-state index is 0.119. The third-order valence-electron chi connectivity index (χ3n) is 2.87. The molecule has 0 radical (unpaired) electrons. The Bertz CT molecular complexity index is 658. The van der Waals surface area contributed by atoms with E-state index in [1.165, 1.54) is 11.3 Å². The summed E-state index contributed by atoms with van der Waals surface area (Å²) in [4.78, 5) is 3.97. The standard InChI is InChI=1S/C14H17NO3S2/c1-10-5-11(2)7-12(6-10)13(16)8-20(17,18)9-14-15-3-4-19-14/h3-7,13,16H,8-9H2,1-2H3. The van der Waals surface area contributed by atoms with Gasteiger partial charge in [-0.3, -0.25) is 0 Å². The van der Waals surface area contributed by atoms with Crippen LogP contribution in [0.25, 0.3) is 0 Å². The molecule has 0 saturated heterocycles. The van der Waals surface area contributed by atoms with E-state index in [1.54, 1.807) is 11.6 Å². The maximum atomic E-state index is 12.1. The molecule has 0 fully saturated rings. The summed E-state index contributed by atoms with van der Waals surface area (Å²) < 4.78 is 24.1. The first-order chi connectivity index (χ1) is 9.35. The molecule has 1 aromatic carbocycles. The molecule has 2 aromatic rings. The van der Waals surface area contributed by atoms with Crippen molar-refractivity contribution in [2.24, 2.45) is 0 Å². The van der Waals surface area contributed by atoms with E-state index in [2.05, 4.69) is 4.98 Å². The normalized spacial score (nSPS) is 13.3. The third kappa shape index (κ3) is 4.13. The lowest BCUT2D eigenvalue weighted by Crippen LogP contribution is -2.16. The van der Waals surface area contributed by atoms with Gasteiger partial charge in [-0.1, -0.05) is 29.3 Å². The van der Waals surface area contributed by atoms with Crippen molar-refractivity contribution in [2.75, 3.05) is 5.75 Å². The van der Waals surface area contributed by atoms with Gasteiger partial charge in [-0.15, -0.1) is 11.3 Å². The lowest BCUT2D eigenvalue weighted by atomic mass is 10.0. The van der Waals surface area contributed by atoms with Crippen molar-refractivity contribution < 1.29 is 13.5 Å². The topological polar surface area (TPSA) is 67.3 Å². The fourth-order valence-corrected chi connectivity index (χ4v) is 4.56. The van der Waals surface area contributed by atoms with Crippen LogP contribution in [0.3, 0.4) is 0 Å². The molecule has 0 spiro atoms. The Labute approximate surface area is 123 Å². The molecule has 0 aliphatic rings. The average molecular weight is 311 g/mol. The highest BCUT2D eigenvalue weighted by Crippen LogP contribution is 2.20. The van der Waals surface area contributed by atoms with E-state index in [0.717, 1.165) is 11.1 Å². The molecule has 1 heterocycles.